The van der Waals surface area contributed by atoms with Crippen LogP contribution in [-0.4, -0.2) is 73.1 Å². The number of nitrogens with two attached hydrogens (primary N) is 1. The number of benzene rings is 3. The first-order valence-corrected chi connectivity index (χ1v) is 16.9. The molecule has 1 atom stereocenters. The molecule has 12 nitrogen and oxygen atoms in total. The maximum absolute atomic E-state index is 14.9. The number of para-hydroxylation sites is 1. The van der Waals surface area contributed by atoms with Crippen molar-refractivity contribution in [2.24, 2.45) is 0 Å². The van der Waals surface area contributed by atoms with E-state index in [0.717, 1.165) is 34.1 Å². The van der Waals surface area contributed by atoms with E-state index in [1.54, 1.807) is 4.57 Å². The normalized spacial score (nSPS) is 16.2. The van der Waals surface area contributed by atoms with Gasteiger partial charge >= 0.3 is 0 Å². The number of nitrogens with one attached hydrogen (secondary N) is 1. The van der Waals surface area contributed by atoms with Crippen LogP contribution in [0.25, 0.3) is 16.0 Å². The topological polar surface area (TPSA) is 140 Å². The van der Waals surface area contributed by atoms with Crippen LogP contribution in [0.1, 0.15) is 10.4 Å². The maximum atomic E-state index is 14.9. The van der Waals surface area contributed by atoms with E-state index in [0.29, 0.717) is 48.8 Å². The number of thiophene rings is 1. The fraction of sp³-hybridized carbons (Fsp3) is 0.257. The van der Waals surface area contributed by atoms with Crippen molar-refractivity contribution in [1.29, 1.82) is 0 Å². The van der Waals surface area contributed by atoms with E-state index in [-0.39, 0.29) is 30.5 Å². The van der Waals surface area contributed by atoms with E-state index in [4.69, 9.17) is 10.5 Å². The fourth-order valence-corrected chi connectivity index (χ4v) is 7.69. The van der Waals surface area contributed by atoms with E-state index in [1.165, 1.54) is 34.7 Å². The zero-order valence-electron chi connectivity index (χ0n) is 26.7. The summed E-state index contributed by atoms with van der Waals surface area (Å²) < 4.78 is 37.5. The molecule has 1 saturated heterocycles. The molecule has 5 heterocycles. The fourth-order valence-electron chi connectivity index (χ4n) is 6.72. The number of β-amino-alcohol motifs (C(OH)–C–C–N with tert-alkyl or cyclic N) is 1. The lowest BCUT2D eigenvalue weighted by Gasteiger charge is -2.44. The van der Waals surface area contributed by atoms with Crippen LogP contribution in [-0.2, 0) is 18.7 Å². The quantitative estimate of drug-likeness (QED) is 0.194. The highest BCUT2D eigenvalue weighted by Gasteiger charge is 2.39. The van der Waals surface area contributed by atoms with Gasteiger partial charge in [-0.2, -0.15) is 5.10 Å². The van der Waals surface area contributed by atoms with Crippen molar-refractivity contribution in [3.63, 3.8) is 0 Å². The van der Waals surface area contributed by atoms with Crippen molar-refractivity contribution in [3.05, 3.63) is 118 Å². The summed E-state index contributed by atoms with van der Waals surface area (Å²) in [6.45, 7) is 2.98. The first-order valence-electron chi connectivity index (χ1n) is 16.1. The summed E-state index contributed by atoms with van der Waals surface area (Å²) in [5.41, 5.74) is 7.27. The summed E-state index contributed by atoms with van der Waals surface area (Å²) in [4.78, 5) is 27.6. The molecule has 1 unspecified atom stereocenters. The zero-order chi connectivity index (χ0) is 34.4. The molecule has 6 aromatic rings. The molecule has 3 aromatic carbocycles. The second-order valence-corrected chi connectivity index (χ2v) is 13.7. The highest BCUT2D eigenvalue weighted by atomic mass is 32.1. The first-order chi connectivity index (χ1) is 24.2. The van der Waals surface area contributed by atoms with E-state index < -0.39 is 22.8 Å². The third-order valence-electron chi connectivity index (χ3n) is 9.09. The van der Waals surface area contributed by atoms with Crippen LogP contribution in [0.3, 0.4) is 0 Å². The molecule has 0 bridgehead atoms. The van der Waals surface area contributed by atoms with Crippen molar-refractivity contribution in [3.8, 4) is 11.4 Å². The van der Waals surface area contributed by atoms with Gasteiger partial charge in [0, 0.05) is 54.4 Å². The molecular formula is C35H33F2N9O3S. The second kappa shape index (κ2) is 12.9. The molecule has 0 saturated carbocycles. The number of anilines is 3. The zero-order valence-corrected chi connectivity index (χ0v) is 27.6. The molecule has 50 heavy (non-hydrogen) atoms. The first kappa shape index (κ1) is 32.0. The predicted octanol–water partition coefficient (Wildman–Crippen LogP) is 3.79. The maximum Gasteiger partial charge on any atom is 0.298 e. The Labute approximate surface area is 289 Å². The van der Waals surface area contributed by atoms with Crippen LogP contribution in [0.5, 0.6) is 5.75 Å². The lowest BCUT2D eigenvalue weighted by atomic mass is 9.90. The molecular weight excluding hydrogens is 665 g/mol. The van der Waals surface area contributed by atoms with Gasteiger partial charge < -0.3 is 25.8 Å². The van der Waals surface area contributed by atoms with Crippen LogP contribution in [0, 0.1) is 11.6 Å². The molecule has 0 radical (unpaired) electrons. The largest absolute Gasteiger partial charge is 0.490 e. The Bertz CT molecular complexity index is 2220. The Balaban J connectivity index is 0.988. The van der Waals surface area contributed by atoms with Gasteiger partial charge in [0.15, 0.2) is 5.82 Å². The van der Waals surface area contributed by atoms with E-state index in [1.807, 2.05) is 59.5 Å². The van der Waals surface area contributed by atoms with E-state index in [9.17, 15) is 18.7 Å². The minimum atomic E-state index is -1.67. The predicted molar refractivity (Wildman–Crippen MR) is 186 cm³/mol. The van der Waals surface area contributed by atoms with Crippen LogP contribution in [0.15, 0.2) is 90.2 Å². The molecule has 2 aliphatic rings. The van der Waals surface area contributed by atoms with Crippen LogP contribution < -0.4 is 26.2 Å². The standard InChI is InChI=1S/C35H33F2N9O3S/c36-22-6-8-27(28(37)12-22)35(48,19-44-21-39-20-41-44)18-43-16-23(17-43)40-15-26-14-30-33(50-26)42-32(38)34(47)46(30)25-7-9-31-29(13-25)45(10-11-49-31)24-4-2-1-3-5-24/h1-9,12-14,20-21,23,40,48H,10-11,15-19H2,(H2,38,42). The van der Waals surface area contributed by atoms with Gasteiger partial charge in [-0.3, -0.25) is 14.3 Å². The highest BCUT2D eigenvalue weighted by Crippen LogP contribution is 2.39. The molecule has 0 aliphatic carbocycles. The number of nitrogens with zero attached hydrogens (tertiary/aromatic N) is 7. The van der Waals surface area contributed by atoms with Crippen molar-refractivity contribution in [2.45, 2.75) is 24.7 Å². The Morgan fingerprint density at radius 1 is 1.04 bits per heavy atom. The van der Waals surface area contributed by atoms with Crippen LogP contribution in [0.2, 0.25) is 0 Å². The molecule has 15 heteroatoms. The highest BCUT2D eigenvalue weighted by molar-refractivity contribution is 7.18. The number of ether oxygens (including phenoxy) is 1. The number of halogens is 2. The van der Waals surface area contributed by atoms with Gasteiger partial charge in [0.2, 0.25) is 0 Å². The monoisotopic (exact) mass is 697 g/mol. The van der Waals surface area contributed by atoms with Gasteiger partial charge in [0.25, 0.3) is 5.56 Å². The van der Waals surface area contributed by atoms with Gasteiger partial charge in [0.1, 0.15) is 47.1 Å². The third-order valence-corrected chi connectivity index (χ3v) is 10.1. The second-order valence-electron chi connectivity index (χ2n) is 12.5. The summed E-state index contributed by atoms with van der Waals surface area (Å²) >= 11 is 1.45. The lowest BCUT2D eigenvalue weighted by molar-refractivity contribution is -0.0437. The molecule has 8 rings (SSSR count). The van der Waals surface area contributed by atoms with Crippen molar-refractivity contribution < 1.29 is 18.6 Å². The number of likely N-dealkylation sites (tertiary alicyclic amines) is 1. The van der Waals surface area contributed by atoms with Crippen LogP contribution in [0.4, 0.5) is 26.0 Å². The number of aromatic nitrogens is 5. The molecule has 256 valence electrons. The van der Waals surface area contributed by atoms with Crippen molar-refractivity contribution in [1.82, 2.24) is 34.5 Å². The number of fused-ring (bicyclic) bond motifs is 2. The number of aliphatic hydroxyl groups is 1. The van der Waals surface area contributed by atoms with Gasteiger partial charge in [-0.15, -0.1) is 11.3 Å². The molecule has 1 fully saturated rings. The van der Waals surface area contributed by atoms with E-state index >= 15 is 0 Å². The summed E-state index contributed by atoms with van der Waals surface area (Å²) in [6.07, 6.45) is 2.78. The number of hydrogen-bond donors (Lipinski definition) is 3. The Kier molecular flexibility index (Phi) is 8.27. The number of hydrogen-bond acceptors (Lipinski definition) is 11. The summed E-state index contributed by atoms with van der Waals surface area (Å²) in [6, 6.07) is 21.0. The summed E-state index contributed by atoms with van der Waals surface area (Å²) in [5, 5.41) is 19.3. The molecule has 4 N–H and O–H groups in total. The smallest absolute Gasteiger partial charge is 0.298 e. The molecule has 3 aromatic heterocycles. The average molecular weight is 698 g/mol. The summed E-state index contributed by atoms with van der Waals surface area (Å²) in [7, 11) is 0. The van der Waals surface area contributed by atoms with Crippen molar-refractivity contribution >= 4 is 38.9 Å². The minimum absolute atomic E-state index is 0.00636. The number of rotatable bonds is 10. The van der Waals surface area contributed by atoms with Crippen molar-refractivity contribution in [2.75, 3.05) is 43.4 Å². The van der Waals surface area contributed by atoms with Gasteiger partial charge in [-0.1, -0.05) is 24.3 Å². The SMILES string of the molecule is Nc1nc2sc(CNC3CN(CC(O)(Cn4cncn4)c4ccc(F)cc4F)C3)cc2n(-c2ccc3c(c2)N(c2ccccc2)CCO3)c1=O. The molecule has 0 amide bonds. The Morgan fingerprint density at radius 3 is 2.66 bits per heavy atom. The summed E-state index contributed by atoms with van der Waals surface area (Å²) in [5.74, 6) is -0.888. The van der Waals surface area contributed by atoms with Gasteiger partial charge in [-0.25, -0.2) is 23.4 Å². The van der Waals surface area contributed by atoms with Gasteiger partial charge in [-0.05, 0) is 42.5 Å². The Morgan fingerprint density at radius 2 is 1.88 bits per heavy atom. The molecule has 0 spiro atoms. The third kappa shape index (κ3) is 6.08. The molecule has 2 aliphatic heterocycles. The minimum Gasteiger partial charge on any atom is -0.490 e. The average Bonchev–Trinajstić information content (AvgIpc) is 3.75. The van der Waals surface area contributed by atoms with E-state index in [2.05, 4.69) is 25.3 Å². The lowest BCUT2D eigenvalue weighted by Crippen LogP contribution is -2.61. The number of nitrogen functional groups attached to an aromatic ring is 1. The van der Waals surface area contributed by atoms with Gasteiger partial charge in [0.05, 0.1) is 30.0 Å². The Hall–Kier alpha value is -5.22. The van der Waals surface area contributed by atoms with Crippen LogP contribution >= 0.6 is 11.3 Å².